The van der Waals surface area contributed by atoms with Crippen molar-refractivity contribution in [1.29, 1.82) is 0 Å². The predicted octanol–water partition coefficient (Wildman–Crippen LogP) is 0.476. The second-order valence-electron chi connectivity index (χ2n) is 3.57. The van der Waals surface area contributed by atoms with Crippen LogP contribution in [-0.4, -0.2) is 17.6 Å². The lowest BCUT2D eigenvalue weighted by Gasteiger charge is -2.05. The fraction of sp³-hybridized carbons (Fsp3) is 0.0909. The second-order valence-corrected chi connectivity index (χ2v) is 3.57. The first-order valence-corrected chi connectivity index (χ1v) is 4.78. The summed E-state index contributed by atoms with van der Waals surface area (Å²) in [5, 5.41) is 18.3. The minimum atomic E-state index is -0.950. The van der Waals surface area contributed by atoms with E-state index in [1.807, 2.05) is 0 Å². The number of aromatic carboxylic acids is 1. The third-order valence-corrected chi connectivity index (χ3v) is 2.59. The molecule has 2 heterocycles. The van der Waals surface area contributed by atoms with E-state index in [2.05, 4.69) is 15.2 Å². The zero-order valence-corrected chi connectivity index (χ0v) is 8.21. The van der Waals surface area contributed by atoms with Gasteiger partial charge in [0, 0.05) is 10.8 Å². The molecule has 0 saturated carbocycles. The Hall–Kier alpha value is -2.30. The molecule has 0 unspecified atom stereocenters. The first-order valence-electron chi connectivity index (χ1n) is 4.78. The Kier molecular flexibility index (Phi) is 1.73. The highest BCUT2D eigenvalue weighted by Crippen LogP contribution is 2.19. The molecule has 1 N–H and O–H groups in total. The molecule has 1 aromatic rings. The molecule has 0 aromatic heterocycles. The summed E-state index contributed by atoms with van der Waals surface area (Å²) >= 11 is 0. The molecule has 0 amide bonds. The molecule has 0 aliphatic carbocycles. The Balaban J connectivity index is 2.40. The van der Waals surface area contributed by atoms with Crippen molar-refractivity contribution in [2.75, 3.05) is 6.54 Å². The molecule has 78 valence electrons. The van der Waals surface area contributed by atoms with Crippen molar-refractivity contribution in [3.63, 3.8) is 0 Å². The summed E-state index contributed by atoms with van der Waals surface area (Å²) in [6.07, 6.45) is 1.66. The lowest BCUT2D eigenvalue weighted by Crippen LogP contribution is -2.32. The molecule has 0 spiro atoms. The Bertz CT molecular complexity index is 671. The van der Waals surface area contributed by atoms with Gasteiger partial charge in [-0.1, -0.05) is 0 Å². The largest absolute Gasteiger partial charge is 0.478 e. The number of carboxylic acid groups (broad SMARTS) is 1. The summed E-state index contributed by atoms with van der Waals surface area (Å²) in [7, 11) is 0. The van der Waals surface area contributed by atoms with E-state index in [0.717, 1.165) is 21.8 Å². The highest BCUT2D eigenvalue weighted by atomic mass is 16.4. The fourth-order valence-electron chi connectivity index (χ4n) is 1.79. The van der Waals surface area contributed by atoms with Crippen LogP contribution < -0.4 is 10.6 Å². The van der Waals surface area contributed by atoms with Crippen molar-refractivity contribution in [1.82, 2.24) is 0 Å². The van der Waals surface area contributed by atoms with E-state index in [9.17, 15) is 4.79 Å². The van der Waals surface area contributed by atoms with Crippen LogP contribution in [0.15, 0.2) is 45.2 Å². The first kappa shape index (κ1) is 8.96. The van der Waals surface area contributed by atoms with Crippen molar-refractivity contribution in [2.45, 2.75) is 0 Å². The molecule has 0 radical (unpaired) electrons. The number of nitrogens with zero attached hydrogens (tertiary/aromatic N) is 3. The maximum absolute atomic E-state index is 10.9. The number of carbonyl (C=O) groups is 1. The topological polar surface area (TPSA) is 74.4 Å². The molecule has 0 saturated heterocycles. The molecule has 16 heavy (non-hydrogen) atoms. The van der Waals surface area contributed by atoms with Gasteiger partial charge in [-0.05, 0) is 18.2 Å². The summed E-state index contributed by atoms with van der Waals surface area (Å²) in [5.41, 5.74) is 1.92. The third kappa shape index (κ3) is 1.18. The molecule has 0 fully saturated rings. The molecule has 3 rings (SSSR count). The molecule has 0 atom stereocenters. The van der Waals surface area contributed by atoms with Crippen LogP contribution in [0.2, 0.25) is 0 Å². The second kappa shape index (κ2) is 3.10. The maximum atomic E-state index is 10.9. The Morgan fingerprint density at radius 3 is 3.06 bits per heavy atom. The van der Waals surface area contributed by atoms with Gasteiger partial charge in [0.2, 0.25) is 0 Å². The molecular formula is C11H7N3O2. The normalized spacial score (nSPS) is 16.2. The molecule has 0 bridgehead atoms. The monoisotopic (exact) mass is 213 g/mol. The van der Waals surface area contributed by atoms with Crippen LogP contribution in [0.1, 0.15) is 10.4 Å². The van der Waals surface area contributed by atoms with Crippen molar-refractivity contribution in [3.05, 3.63) is 46.1 Å². The standard InChI is InChI=1S/C11H7N3O2/c15-11(16)6-1-2-9-8(3-6)10-7(4-12-9)5-13-14-10/h1-3,5H,4H2,(H,15,16). The van der Waals surface area contributed by atoms with Crippen molar-refractivity contribution < 1.29 is 9.90 Å². The minimum absolute atomic E-state index is 0.241. The maximum Gasteiger partial charge on any atom is 0.335 e. The zero-order chi connectivity index (χ0) is 11.1. The van der Waals surface area contributed by atoms with Crippen molar-refractivity contribution in [3.8, 4) is 0 Å². The summed E-state index contributed by atoms with van der Waals surface area (Å²) in [4.78, 5) is 15.2. The van der Waals surface area contributed by atoms with E-state index in [4.69, 9.17) is 5.11 Å². The smallest absolute Gasteiger partial charge is 0.335 e. The number of benzene rings is 1. The highest BCUT2D eigenvalue weighted by Gasteiger charge is 2.15. The Morgan fingerprint density at radius 2 is 2.25 bits per heavy atom. The third-order valence-electron chi connectivity index (χ3n) is 2.59. The molecule has 5 heteroatoms. The number of hydrogen-bond acceptors (Lipinski definition) is 4. The lowest BCUT2D eigenvalue weighted by atomic mass is 10.1. The highest BCUT2D eigenvalue weighted by molar-refractivity contribution is 5.87. The van der Waals surface area contributed by atoms with Crippen LogP contribution in [-0.2, 0) is 0 Å². The minimum Gasteiger partial charge on any atom is -0.478 e. The number of fused-ring (bicyclic) bond motifs is 2. The summed E-state index contributed by atoms with van der Waals surface area (Å²) in [6.45, 7) is 0.557. The van der Waals surface area contributed by atoms with Crippen LogP contribution in [0.3, 0.4) is 0 Å². The predicted molar refractivity (Wildman–Crippen MR) is 55.4 cm³/mol. The van der Waals surface area contributed by atoms with E-state index in [-0.39, 0.29) is 5.56 Å². The molecule has 5 nitrogen and oxygen atoms in total. The quantitative estimate of drug-likeness (QED) is 0.736. The molecule has 2 aliphatic rings. The number of carboxylic acids is 1. The fourth-order valence-corrected chi connectivity index (χ4v) is 1.79. The van der Waals surface area contributed by atoms with Crippen molar-refractivity contribution >= 4 is 11.7 Å². The van der Waals surface area contributed by atoms with E-state index in [1.54, 1.807) is 24.4 Å². The SMILES string of the molecule is O=C(O)c1ccc2c(c1)=C1N=NC=C1CN=2. The van der Waals surface area contributed by atoms with Crippen LogP contribution in [0, 0.1) is 0 Å². The van der Waals surface area contributed by atoms with Crippen LogP contribution >= 0.6 is 0 Å². The van der Waals surface area contributed by atoms with E-state index in [0.29, 0.717) is 6.54 Å². The first-order chi connectivity index (χ1) is 7.75. The van der Waals surface area contributed by atoms with Gasteiger partial charge < -0.3 is 5.11 Å². The summed E-state index contributed by atoms with van der Waals surface area (Å²) in [6, 6.07) is 4.84. The van der Waals surface area contributed by atoms with E-state index in [1.165, 1.54) is 0 Å². The molecule has 2 aliphatic heterocycles. The van der Waals surface area contributed by atoms with Gasteiger partial charge in [0.25, 0.3) is 0 Å². The van der Waals surface area contributed by atoms with Crippen LogP contribution in [0.5, 0.6) is 0 Å². The van der Waals surface area contributed by atoms with Gasteiger partial charge in [-0.25, -0.2) is 4.79 Å². The zero-order valence-electron chi connectivity index (χ0n) is 8.21. The van der Waals surface area contributed by atoms with Gasteiger partial charge in [-0.2, -0.15) is 10.2 Å². The van der Waals surface area contributed by atoms with Crippen LogP contribution in [0.25, 0.3) is 5.70 Å². The van der Waals surface area contributed by atoms with Gasteiger partial charge in [0.05, 0.1) is 23.7 Å². The van der Waals surface area contributed by atoms with Crippen LogP contribution in [0.4, 0.5) is 0 Å². The van der Waals surface area contributed by atoms with Gasteiger partial charge in [-0.3, -0.25) is 4.99 Å². The number of rotatable bonds is 1. The molecule has 1 aromatic carbocycles. The van der Waals surface area contributed by atoms with Gasteiger partial charge in [0.15, 0.2) is 0 Å². The van der Waals surface area contributed by atoms with E-state index < -0.39 is 5.97 Å². The number of hydrogen-bond donors (Lipinski definition) is 1. The summed E-state index contributed by atoms with van der Waals surface area (Å²) in [5.74, 6) is -0.950. The van der Waals surface area contributed by atoms with E-state index >= 15 is 0 Å². The van der Waals surface area contributed by atoms with Crippen molar-refractivity contribution in [2.24, 2.45) is 15.2 Å². The summed E-state index contributed by atoms with van der Waals surface area (Å²) < 4.78 is 0. The average molecular weight is 213 g/mol. The van der Waals surface area contributed by atoms with Gasteiger partial charge in [0.1, 0.15) is 5.70 Å². The molecular weight excluding hydrogens is 206 g/mol. The lowest BCUT2D eigenvalue weighted by molar-refractivity contribution is 0.0697. The Labute approximate surface area is 90.2 Å². The van der Waals surface area contributed by atoms with Gasteiger partial charge in [-0.15, -0.1) is 0 Å². The average Bonchev–Trinajstić information content (AvgIpc) is 2.76. The number of azo groups is 1. The Morgan fingerprint density at radius 1 is 1.38 bits per heavy atom. The van der Waals surface area contributed by atoms with Gasteiger partial charge >= 0.3 is 5.97 Å².